The second kappa shape index (κ2) is 6.40. The minimum absolute atomic E-state index is 0.348. The van der Waals surface area contributed by atoms with Gasteiger partial charge < -0.3 is 9.47 Å². The van der Waals surface area contributed by atoms with E-state index in [9.17, 15) is 0 Å². The van der Waals surface area contributed by atoms with E-state index in [1.807, 2.05) is 18.3 Å². The predicted octanol–water partition coefficient (Wildman–Crippen LogP) is 3.36. The molecule has 3 nitrogen and oxygen atoms in total. The van der Waals surface area contributed by atoms with Gasteiger partial charge in [0.2, 0.25) is 0 Å². The molecular weight excluding hydrogens is 262 g/mol. The highest BCUT2D eigenvalue weighted by Gasteiger charge is 2.19. The molecule has 1 aromatic carbocycles. The fraction of sp³-hybridized carbons (Fsp3) is 0.533. The molecule has 0 N–H and O–H groups in total. The lowest BCUT2D eigenvalue weighted by Gasteiger charge is -2.22. The Morgan fingerprint density at radius 1 is 1.37 bits per heavy atom. The highest BCUT2D eigenvalue weighted by molar-refractivity contribution is 6.32. The summed E-state index contributed by atoms with van der Waals surface area (Å²) in [5.74, 6) is 1.27. The molecular formula is C15H20ClNO2. The Morgan fingerprint density at radius 3 is 2.84 bits per heavy atom. The summed E-state index contributed by atoms with van der Waals surface area (Å²) >= 11 is 6.21. The van der Waals surface area contributed by atoms with Gasteiger partial charge in [0.25, 0.3) is 0 Å². The highest BCUT2D eigenvalue weighted by atomic mass is 35.5. The standard InChI is InChI=1S/C15H20ClNO2/c1-10(2)14-7-11-8-15(19-5-4-18-3)13(16)6-12(11)9-17-14/h6,8-10,14H,4-5,7H2,1-3H3/t14-/m1/s1. The van der Waals surface area contributed by atoms with E-state index in [1.54, 1.807) is 7.11 Å². The van der Waals surface area contributed by atoms with Crippen LogP contribution in [0.25, 0.3) is 0 Å². The van der Waals surface area contributed by atoms with Crippen LogP contribution >= 0.6 is 11.6 Å². The number of hydrogen-bond donors (Lipinski definition) is 0. The van der Waals surface area contributed by atoms with Crippen molar-refractivity contribution in [2.75, 3.05) is 20.3 Å². The molecule has 1 aliphatic rings. The van der Waals surface area contributed by atoms with E-state index in [2.05, 4.69) is 18.8 Å². The maximum atomic E-state index is 6.21. The first kappa shape index (κ1) is 14.4. The van der Waals surface area contributed by atoms with Crippen molar-refractivity contribution in [2.45, 2.75) is 26.3 Å². The lowest BCUT2D eigenvalue weighted by Crippen LogP contribution is -2.21. The van der Waals surface area contributed by atoms with Gasteiger partial charge in [0.1, 0.15) is 12.4 Å². The summed E-state index contributed by atoms with van der Waals surface area (Å²) in [4.78, 5) is 4.57. The van der Waals surface area contributed by atoms with Crippen LogP contribution in [0, 0.1) is 5.92 Å². The van der Waals surface area contributed by atoms with E-state index in [0.29, 0.717) is 30.2 Å². The Kier molecular flexibility index (Phi) is 4.83. The van der Waals surface area contributed by atoms with Gasteiger partial charge in [-0.1, -0.05) is 25.4 Å². The monoisotopic (exact) mass is 281 g/mol. The maximum Gasteiger partial charge on any atom is 0.138 e. The number of aliphatic imine (C=N–C) groups is 1. The predicted molar refractivity (Wildman–Crippen MR) is 78.7 cm³/mol. The van der Waals surface area contributed by atoms with Crippen molar-refractivity contribution >= 4 is 17.8 Å². The van der Waals surface area contributed by atoms with E-state index in [4.69, 9.17) is 21.1 Å². The lowest BCUT2D eigenvalue weighted by molar-refractivity contribution is 0.146. The van der Waals surface area contributed by atoms with Crippen LogP contribution in [-0.2, 0) is 11.2 Å². The second-order valence-corrected chi connectivity index (χ2v) is 5.52. The maximum absolute atomic E-state index is 6.21. The van der Waals surface area contributed by atoms with Crippen molar-refractivity contribution in [1.82, 2.24) is 0 Å². The molecule has 1 atom stereocenters. The van der Waals surface area contributed by atoms with Crippen molar-refractivity contribution in [2.24, 2.45) is 10.9 Å². The molecule has 0 amide bonds. The van der Waals surface area contributed by atoms with Crippen LogP contribution in [0.1, 0.15) is 25.0 Å². The van der Waals surface area contributed by atoms with E-state index in [0.717, 1.165) is 17.7 Å². The minimum atomic E-state index is 0.348. The number of hydrogen-bond acceptors (Lipinski definition) is 3. The largest absolute Gasteiger partial charge is 0.490 e. The fourth-order valence-electron chi connectivity index (χ4n) is 2.12. The molecule has 1 heterocycles. The molecule has 4 heteroatoms. The summed E-state index contributed by atoms with van der Waals surface area (Å²) in [5, 5.41) is 0.629. The number of methoxy groups -OCH3 is 1. The molecule has 0 radical (unpaired) electrons. The van der Waals surface area contributed by atoms with Crippen LogP contribution in [0.2, 0.25) is 5.02 Å². The van der Waals surface area contributed by atoms with Crippen molar-refractivity contribution in [3.05, 3.63) is 28.3 Å². The van der Waals surface area contributed by atoms with Crippen molar-refractivity contribution in [3.8, 4) is 5.75 Å². The van der Waals surface area contributed by atoms with Gasteiger partial charge in [-0.3, -0.25) is 4.99 Å². The Balaban J connectivity index is 2.17. The summed E-state index contributed by atoms with van der Waals surface area (Å²) in [7, 11) is 1.65. The van der Waals surface area contributed by atoms with E-state index in [-0.39, 0.29) is 0 Å². The third kappa shape index (κ3) is 3.48. The second-order valence-electron chi connectivity index (χ2n) is 5.12. The van der Waals surface area contributed by atoms with Gasteiger partial charge >= 0.3 is 0 Å². The Bertz CT molecular complexity index is 471. The van der Waals surface area contributed by atoms with Gasteiger partial charge in [0, 0.05) is 13.3 Å². The quantitative estimate of drug-likeness (QED) is 0.775. The summed E-state index contributed by atoms with van der Waals surface area (Å²) in [6.07, 6.45) is 2.87. The van der Waals surface area contributed by atoms with E-state index < -0.39 is 0 Å². The SMILES string of the molecule is COCCOc1cc2c(cc1Cl)C=N[C@@H](C(C)C)C2. The molecule has 0 saturated carbocycles. The average molecular weight is 282 g/mol. The van der Waals surface area contributed by atoms with Crippen LogP contribution in [0.4, 0.5) is 0 Å². The molecule has 0 unspecified atom stereocenters. The zero-order chi connectivity index (χ0) is 13.8. The summed E-state index contributed by atoms with van der Waals surface area (Å²) < 4.78 is 10.6. The first-order valence-electron chi connectivity index (χ1n) is 6.59. The van der Waals surface area contributed by atoms with Gasteiger partial charge in [-0.2, -0.15) is 0 Å². The number of benzene rings is 1. The zero-order valence-electron chi connectivity index (χ0n) is 11.6. The number of halogens is 1. The molecule has 1 aliphatic heterocycles. The number of rotatable bonds is 5. The highest BCUT2D eigenvalue weighted by Crippen LogP contribution is 2.31. The van der Waals surface area contributed by atoms with Crippen LogP contribution in [0.15, 0.2) is 17.1 Å². The molecule has 0 fully saturated rings. The smallest absolute Gasteiger partial charge is 0.138 e. The number of fused-ring (bicyclic) bond motifs is 1. The van der Waals surface area contributed by atoms with Crippen molar-refractivity contribution in [3.63, 3.8) is 0 Å². The van der Waals surface area contributed by atoms with Gasteiger partial charge in [0.05, 0.1) is 17.7 Å². The van der Waals surface area contributed by atoms with Crippen molar-refractivity contribution < 1.29 is 9.47 Å². The first-order chi connectivity index (χ1) is 9.11. The van der Waals surface area contributed by atoms with Crippen LogP contribution < -0.4 is 4.74 Å². The van der Waals surface area contributed by atoms with E-state index >= 15 is 0 Å². The zero-order valence-corrected chi connectivity index (χ0v) is 12.4. The van der Waals surface area contributed by atoms with Crippen LogP contribution in [0.5, 0.6) is 5.75 Å². The summed E-state index contributed by atoms with van der Waals surface area (Å²) in [6.45, 7) is 5.46. The van der Waals surface area contributed by atoms with E-state index in [1.165, 1.54) is 5.56 Å². The summed E-state index contributed by atoms with van der Waals surface area (Å²) in [6, 6.07) is 4.31. The average Bonchev–Trinajstić information content (AvgIpc) is 2.39. The third-order valence-electron chi connectivity index (χ3n) is 3.34. The number of ether oxygens (including phenoxy) is 2. The Hall–Kier alpha value is -1.06. The molecule has 19 heavy (non-hydrogen) atoms. The molecule has 0 aliphatic carbocycles. The van der Waals surface area contributed by atoms with Crippen LogP contribution in [0.3, 0.4) is 0 Å². The topological polar surface area (TPSA) is 30.8 Å². The molecule has 104 valence electrons. The normalized spacial score (nSPS) is 17.6. The number of nitrogens with zero attached hydrogens (tertiary/aromatic N) is 1. The van der Waals surface area contributed by atoms with Crippen molar-refractivity contribution in [1.29, 1.82) is 0 Å². The third-order valence-corrected chi connectivity index (χ3v) is 3.64. The molecule has 1 aromatic rings. The Labute approximate surface area is 119 Å². The fourth-order valence-corrected chi connectivity index (χ4v) is 2.34. The molecule has 0 spiro atoms. The first-order valence-corrected chi connectivity index (χ1v) is 6.97. The molecule has 2 rings (SSSR count). The van der Waals surface area contributed by atoms with Crippen LogP contribution in [-0.4, -0.2) is 32.6 Å². The van der Waals surface area contributed by atoms with Gasteiger partial charge in [0.15, 0.2) is 0 Å². The molecule has 0 bridgehead atoms. The van der Waals surface area contributed by atoms with Gasteiger partial charge in [-0.25, -0.2) is 0 Å². The minimum Gasteiger partial charge on any atom is -0.490 e. The van der Waals surface area contributed by atoms with Gasteiger partial charge in [-0.15, -0.1) is 0 Å². The molecule has 0 aromatic heterocycles. The van der Waals surface area contributed by atoms with Gasteiger partial charge in [-0.05, 0) is 35.6 Å². The molecule has 0 saturated heterocycles. The summed E-state index contributed by atoms with van der Waals surface area (Å²) in [5.41, 5.74) is 2.35. The Morgan fingerprint density at radius 2 is 2.16 bits per heavy atom. The lowest BCUT2D eigenvalue weighted by atomic mass is 9.92.